The van der Waals surface area contributed by atoms with E-state index in [2.05, 4.69) is 26.0 Å². The van der Waals surface area contributed by atoms with Gasteiger partial charge in [0, 0.05) is 26.5 Å². The minimum absolute atomic E-state index is 0.143. The third-order valence-corrected chi connectivity index (χ3v) is 7.46. The fourth-order valence-corrected chi connectivity index (χ4v) is 5.53. The van der Waals surface area contributed by atoms with Gasteiger partial charge in [-0.2, -0.15) is 0 Å². The summed E-state index contributed by atoms with van der Waals surface area (Å²) in [6, 6.07) is 18.4. The predicted molar refractivity (Wildman–Crippen MR) is 134 cm³/mol. The number of hydrogen-bond acceptors (Lipinski definition) is 4. The summed E-state index contributed by atoms with van der Waals surface area (Å²) in [7, 11) is -2.47. The van der Waals surface area contributed by atoms with E-state index < -0.39 is 10.0 Å². The average molecular weight is 544 g/mol. The molecule has 1 heterocycles. The zero-order chi connectivity index (χ0) is 23.6. The number of aromatic nitrogens is 1. The molecule has 0 N–H and O–H groups in total. The Balaban J connectivity index is 1.97. The van der Waals surface area contributed by atoms with Gasteiger partial charge >= 0.3 is 0 Å². The molecule has 10 heteroatoms. The van der Waals surface area contributed by atoms with E-state index in [1.165, 1.54) is 23.2 Å². The molecule has 4 rings (SSSR count). The van der Waals surface area contributed by atoms with Gasteiger partial charge in [-0.1, -0.05) is 63.0 Å². The normalized spacial score (nSPS) is 11.6. The highest BCUT2D eigenvalue weighted by Crippen LogP contribution is 2.35. The molecule has 0 saturated carbocycles. The molecular weight excluding hydrogens is 528 g/mol. The van der Waals surface area contributed by atoms with Crippen LogP contribution in [0.2, 0.25) is 5.02 Å². The van der Waals surface area contributed by atoms with Crippen LogP contribution in [0, 0.1) is 0 Å². The lowest BCUT2D eigenvalue weighted by atomic mass is 10.1. The Bertz CT molecular complexity index is 1540. The molecule has 3 aromatic carbocycles. The molecule has 4 aromatic rings. The lowest BCUT2D eigenvalue weighted by Crippen LogP contribution is -2.14. The number of fused-ring (bicyclic) bond motifs is 1. The molecule has 33 heavy (non-hydrogen) atoms. The Labute approximate surface area is 203 Å². The molecule has 1 aromatic heterocycles. The number of hydrogen-bond donors (Lipinski definition) is 0. The zero-order valence-electron chi connectivity index (χ0n) is 17.2. The molecule has 0 bridgehead atoms. The predicted octanol–water partition coefficient (Wildman–Crippen LogP) is 7.42. The molecule has 0 amide bonds. The van der Waals surface area contributed by atoms with E-state index in [0.29, 0.717) is 38.6 Å². The summed E-state index contributed by atoms with van der Waals surface area (Å²) >= 11 is 9.64. The van der Waals surface area contributed by atoms with Crippen LogP contribution in [0.3, 0.4) is 0 Å². The third-order valence-electron chi connectivity index (χ3n) is 4.92. The summed E-state index contributed by atoms with van der Waals surface area (Å²) in [6.45, 7) is 0. The maximum Gasteiger partial charge on any atom is 0.268 e. The topological polar surface area (TPSA) is 97.1 Å². The molecule has 0 radical (unpaired) electrons. The maximum atomic E-state index is 13.6. The smallest absolute Gasteiger partial charge is 0.268 e. The van der Waals surface area contributed by atoms with Gasteiger partial charge in [0.25, 0.3) is 10.0 Å². The van der Waals surface area contributed by atoms with Crippen LogP contribution in [0.5, 0.6) is 5.75 Å². The second-order valence-corrected chi connectivity index (χ2v) is 10.0. The first-order valence-electron chi connectivity index (χ1n) is 9.57. The molecule has 0 aliphatic heterocycles. The SMILES string of the molecule is COc1cc2c(cc1Cl)cc(/C=C/c1ccc(Br)cc1N=[N+]=[N-])n2S(=O)(=O)c1ccccc1. The third kappa shape index (κ3) is 4.49. The molecule has 0 spiro atoms. The van der Waals surface area contributed by atoms with Gasteiger partial charge in [0.05, 0.1) is 28.2 Å². The van der Waals surface area contributed by atoms with Gasteiger partial charge in [0.2, 0.25) is 0 Å². The van der Waals surface area contributed by atoms with E-state index >= 15 is 0 Å². The summed E-state index contributed by atoms with van der Waals surface area (Å²) < 4.78 is 34.6. The van der Waals surface area contributed by atoms with Crippen molar-refractivity contribution in [1.29, 1.82) is 0 Å². The molecule has 7 nitrogen and oxygen atoms in total. The highest BCUT2D eigenvalue weighted by atomic mass is 79.9. The van der Waals surface area contributed by atoms with E-state index in [-0.39, 0.29) is 4.90 Å². The van der Waals surface area contributed by atoms with Gasteiger partial charge in [-0.25, -0.2) is 12.4 Å². The Hall–Kier alpha value is -3.23. The lowest BCUT2D eigenvalue weighted by molar-refractivity contribution is 0.415. The standard InChI is InChI=1S/C23H16BrClN4O3S/c1-32-23-14-22-16(12-20(23)25)11-18(29(22)33(30,31)19-5-3-2-4-6-19)10-8-15-7-9-17(24)13-21(15)27-28-26/h2-14H,1H3/b10-8+. The van der Waals surface area contributed by atoms with Crippen molar-refractivity contribution in [2.24, 2.45) is 5.11 Å². The van der Waals surface area contributed by atoms with Gasteiger partial charge in [0.1, 0.15) is 5.75 Å². The number of halogens is 2. The molecule has 0 unspecified atom stereocenters. The van der Waals surface area contributed by atoms with Gasteiger partial charge in [0.15, 0.2) is 0 Å². The van der Waals surface area contributed by atoms with Gasteiger partial charge in [-0.15, -0.1) is 0 Å². The zero-order valence-corrected chi connectivity index (χ0v) is 20.3. The Kier molecular flexibility index (Phi) is 6.49. The number of azide groups is 1. The van der Waals surface area contributed by atoms with Crippen LogP contribution in [0.15, 0.2) is 81.2 Å². The molecule has 0 saturated heterocycles. The fourth-order valence-electron chi connectivity index (χ4n) is 3.41. The molecule has 166 valence electrons. The van der Waals surface area contributed by atoms with E-state index in [1.54, 1.807) is 66.7 Å². The summed E-state index contributed by atoms with van der Waals surface area (Å²) in [4.78, 5) is 3.01. The van der Waals surface area contributed by atoms with E-state index in [4.69, 9.17) is 21.9 Å². The van der Waals surface area contributed by atoms with Crippen molar-refractivity contribution in [1.82, 2.24) is 3.97 Å². The summed E-state index contributed by atoms with van der Waals surface area (Å²) in [6.07, 6.45) is 3.35. The van der Waals surface area contributed by atoms with E-state index in [1.807, 2.05) is 0 Å². The number of ether oxygens (including phenoxy) is 1. The lowest BCUT2D eigenvalue weighted by Gasteiger charge is -2.11. The van der Waals surface area contributed by atoms with Crippen LogP contribution in [-0.2, 0) is 10.0 Å². The monoisotopic (exact) mass is 542 g/mol. The number of nitrogens with zero attached hydrogens (tertiary/aromatic N) is 4. The quantitative estimate of drug-likeness (QED) is 0.144. The van der Waals surface area contributed by atoms with Crippen molar-refractivity contribution in [2.75, 3.05) is 7.11 Å². The highest BCUT2D eigenvalue weighted by molar-refractivity contribution is 9.10. The average Bonchev–Trinajstić information content (AvgIpc) is 3.16. The van der Waals surface area contributed by atoms with Crippen molar-refractivity contribution >= 4 is 66.3 Å². The largest absolute Gasteiger partial charge is 0.495 e. The number of methoxy groups -OCH3 is 1. The number of benzene rings is 3. The number of rotatable bonds is 6. The van der Waals surface area contributed by atoms with Crippen LogP contribution in [0.1, 0.15) is 11.3 Å². The van der Waals surface area contributed by atoms with Crippen molar-refractivity contribution in [3.63, 3.8) is 0 Å². The Morgan fingerprint density at radius 1 is 1.09 bits per heavy atom. The maximum absolute atomic E-state index is 13.6. The van der Waals surface area contributed by atoms with Crippen molar-refractivity contribution in [2.45, 2.75) is 4.90 Å². The molecule has 0 fully saturated rings. The second-order valence-electron chi connectivity index (χ2n) is 6.92. The van der Waals surface area contributed by atoms with Crippen molar-refractivity contribution < 1.29 is 13.2 Å². The van der Waals surface area contributed by atoms with Crippen molar-refractivity contribution in [3.05, 3.63) is 97.9 Å². The minimum Gasteiger partial charge on any atom is -0.495 e. The van der Waals surface area contributed by atoms with Gasteiger partial charge in [-0.05, 0) is 53.6 Å². The second kappa shape index (κ2) is 9.33. The van der Waals surface area contributed by atoms with Crippen LogP contribution in [0.25, 0.3) is 33.5 Å². The Morgan fingerprint density at radius 3 is 2.55 bits per heavy atom. The van der Waals surface area contributed by atoms with E-state index in [0.717, 1.165) is 4.47 Å². The summed E-state index contributed by atoms with van der Waals surface area (Å²) in [5.74, 6) is 0.362. The Morgan fingerprint density at radius 2 is 1.85 bits per heavy atom. The van der Waals surface area contributed by atoms with Crippen LogP contribution >= 0.6 is 27.5 Å². The molecule has 0 aliphatic rings. The highest BCUT2D eigenvalue weighted by Gasteiger charge is 2.23. The van der Waals surface area contributed by atoms with E-state index in [9.17, 15) is 8.42 Å². The molecule has 0 atom stereocenters. The summed E-state index contributed by atoms with van der Waals surface area (Å²) in [5, 5.41) is 4.72. The van der Waals surface area contributed by atoms with Gasteiger partial charge < -0.3 is 4.74 Å². The minimum atomic E-state index is -3.94. The van der Waals surface area contributed by atoms with Crippen LogP contribution < -0.4 is 4.74 Å². The van der Waals surface area contributed by atoms with Gasteiger partial charge in [-0.3, -0.25) is 0 Å². The molecule has 0 aliphatic carbocycles. The van der Waals surface area contributed by atoms with Crippen LogP contribution in [-0.4, -0.2) is 19.5 Å². The summed E-state index contributed by atoms with van der Waals surface area (Å²) in [5.41, 5.74) is 10.7. The first-order chi connectivity index (χ1) is 15.8. The molecular formula is C23H16BrClN4O3S. The first-order valence-corrected chi connectivity index (χ1v) is 12.2. The first kappa shape index (κ1) is 22.9. The fraction of sp³-hybridized carbons (Fsp3) is 0.0435. The van der Waals surface area contributed by atoms with Crippen molar-refractivity contribution in [3.8, 4) is 5.75 Å². The van der Waals surface area contributed by atoms with Crippen LogP contribution in [0.4, 0.5) is 5.69 Å².